The Balaban J connectivity index is 1.25. The van der Waals surface area contributed by atoms with E-state index in [4.69, 9.17) is 9.84 Å². The molecule has 1 fully saturated rings. The summed E-state index contributed by atoms with van der Waals surface area (Å²) in [5, 5.41) is 14.5. The van der Waals surface area contributed by atoms with Crippen molar-refractivity contribution in [2.75, 3.05) is 24.7 Å². The number of thioether (sulfide) groups is 1. The zero-order chi connectivity index (χ0) is 23.9. The maximum Gasteiger partial charge on any atom is 0.407 e. The average molecular weight is 483 g/mol. The van der Waals surface area contributed by atoms with Gasteiger partial charge in [-0.2, -0.15) is 0 Å². The molecule has 8 heteroatoms. The minimum atomic E-state index is -0.857. The topological polar surface area (TPSA) is 105 Å². The average Bonchev–Trinajstić information content (AvgIpc) is 3.39. The van der Waals surface area contributed by atoms with Crippen molar-refractivity contribution >= 4 is 29.7 Å². The summed E-state index contributed by atoms with van der Waals surface area (Å²) in [6.07, 6.45) is 2.58. The Morgan fingerprint density at radius 2 is 1.68 bits per heavy atom. The van der Waals surface area contributed by atoms with E-state index in [-0.39, 0.29) is 36.1 Å². The molecule has 0 heterocycles. The summed E-state index contributed by atoms with van der Waals surface area (Å²) in [7, 11) is 0. The van der Waals surface area contributed by atoms with Crippen LogP contribution in [0.15, 0.2) is 48.5 Å². The first-order valence-corrected chi connectivity index (χ1v) is 12.9. The number of rotatable bonds is 10. The molecule has 3 N–H and O–H groups in total. The van der Waals surface area contributed by atoms with Crippen LogP contribution in [0.3, 0.4) is 0 Å². The molecule has 2 amide bonds. The number of carboxylic acids is 1. The van der Waals surface area contributed by atoms with E-state index in [2.05, 4.69) is 34.9 Å². The minimum absolute atomic E-state index is 0.0160. The lowest BCUT2D eigenvalue weighted by Crippen LogP contribution is -2.40. The first-order valence-electron chi connectivity index (χ1n) is 11.7. The Morgan fingerprint density at radius 1 is 1.00 bits per heavy atom. The number of carbonyl (C=O) groups is 3. The van der Waals surface area contributed by atoms with E-state index in [0.29, 0.717) is 18.7 Å². The van der Waals surface area contributed by atoms with Gasteiger partial charge >= 0.3 is 12.1 Å². The SMILES string of the molecule is O=C(O)CSCCNC(=O)C[C@@H]1CCC[C@H]1NC(=O)OCC1c2ccccc2-c2ccccc21. The molecule has 2 aliphatic rings. The number of benzene rings is 2. The lowest BCUT2D eigenvalue weighted by molar-refractivity contribution is -0.133. The second-order valence-corrected chi connectivity index (χ2v) is 9.87. The second kappa shape index (κ2) is 11.4. The van der Waals surface area contributed by atoms with Crippen molar-refractivity contribution in [1.29, 1.82) is 0 Å². The van der Waals surface area contributed by atoms with Gasteiger partial charge in [-0.3, -0.25) is 9.59 Å². The van der Waals surface area contributed by atoms with Crippen molar-refractivity contribution in [1.82, 2.24) is 10.6 Å². The van der Waals surface area contributed by atoms with Crippen molar-refractivity contribution < 1.29 is 24.2 Å². The van der Waals surface area contributed by atoms with Crippen LogP contribution in [-0.2, 0) is 14.3 Å². The van der Waals surface area contributed by atoms with Gasteiger partial charge in [-0.05, 0) is 41.0 Å². The van der Waals surface area contributed by atoms with Gasteiger partial charge in [-0.15, -0.1) is 11.8 Å². The number of amides is 2. The van der Waals surface area contributed by atoms with Crippen molar-refractivity contribution in [3.05, 3.63) is 59.7 Å². The van der Waals surface area contributed by atoms with Crippen LogP contribution in [0.2, 0.25) is 0 Å². The molecule has 1 saturated carbocycles. The van der Waals surface area contributed by atoms with Gasteiger partial charge in [0.05, 0.1) is 5.75 Å². The number of hydrogen-bond acceptors (Lipinski definition) is 5. The van der Waals surface area contributed by atoms with E-state index in [9.17, 15) is 14.4 Å². The minimum Gasteiger partial charge on any atom is -0.481 e. The van der Waals surface area contributed by atoms with Crippen LogP contribution in [-0.4, -0.2) is 53.8 Å². The van der Waals surface area contributed by atoms with Gasteiger partial charge in [0.15, 0.2) is 0 Å². The van der Waals surface area contributed by atoms with Crippen LogP contribution in [0, 0.1) is 5.92 Å². The van der Waals surface area contributed by atoms with Crippen LogP contribution in [0.1, 0.15) is 42.7 Å². The molecule has 0 aliphatic heterocycles. The molecule has 0 spiro atoms. The maximum atomic E-state index is 12.6. The largest absolute Gasteiger partial charge is 0.481 e. The molecule has 2 aromatic rings. The molecule has 4 rings (SSSR count). The molecule has 34 heavy (non-hydrogen) atoms. The summed E-state index contributed by atoms with van der Waals surface area (Å²) >= 11 is 1.27. The van der Waals surface area contributed by atoms with Gasteiger partial charge in [-0.25, -0.2) is 4.79 Å². The fourth-order valence-corrected chi connectivity index (χ4v) is 5.56. The Bertz CT molecular complexity index is 998. The van der Waals surface area contributed by atoms with E-state index >= 15 is 0 Å². The normalized spacial score (nSPS) is 18.7. The molecule has 0 unspecified atom stereocenters. The second-order valence-electron chi connectivity index (χ2n) is 8.77. The summed E-state index contributed by atoms with van der Waals surface area (Å²) in [6, 6.07) is 16.4. The third kappa shape index (κ3) is 5.91. The molecular weight excluding hydrogens is 452 g/mol. The van der Waals surface area contributed by atoms with Gasteiger partial charge in [0.1, 0.15) is 6.61 Å². The molecule has 7 nitrogen and oxygen atoms in total. The lowest BCUT2D eigenvalue weighted by atomic mass is 9.98. The van der Waals surface area contributed by atoms with Gasteiger partial charge in [0, 0.05) is 30.7 Å². The molecule has 180 valence electrons. The first-order chi connectivity index (χ1) is 16.5. The lowest BCUT2D eigenvalue weighted by Gasteiger charge is -2.21. The summed E-state index contributed by atoms with van der Waals surface area (Å²) in [5.41, 5.74) is 4.73. The summed E-state index contributed by atoms with van der Waals surface area (Å²) in [4.78, 5) is 35.4. The number of alkyl carbamates (subject to hydrolysis) is 1. The third-order valence-corrected chi connectivity index (χ3v) is 7.49. The summed E-state index contributed by atoms with van der Waals surface area (Å²) < 4.78 is 5.66. The van der Waals surface area contributed by atoms with Crippen LogP contribution in [0.5, 0.6) is 0 Å². The summed E-state index contributed by atoms with van der Waals surface area (Å²) in [6.45, 7) is 0.708. The molecule has 0 radical (unpaired) electrons. The quantitative estimate of drug-likeness (QED) is 0.442. The number of aliphatic carboxylic acids is 1. The van der Waals surface area contributed by atoms with E-state index in [1.807, 2.05) is 24.3 Å². The Hall–Kier alpha value is -3.00. The van der Waals surface area contributed by atoms with Crippen LogP contribution in [0.4, 0.5) is 4.79 Å². The number of fused-ring (bicyclic) bond motifs is 3. The Labute approximate surface area is 203 Å². The van der Waals surface area contributed by atoms with Crippen molar-refractivity contribution in [3.8, 4) is 11.1 Å². The van der Waals surface area contributed by atoms with Crippen molar-refractivity contribution in [2.45, 2.75) is 37.6 Å². The maximum absolute atomic E-state index is 12.6. The molecule has 2 aromatic carbocycles. The zero-order valence-electron chi connectivity index (χ0n) is 19.0. The van der Waals surface area contributed by atoms with Gasteiger partial charge in [0.25, 0.3) is 0 Å². The van der Waals surface area contributed by atoms with Gasteiger partial charge in [-0.1, -0.05) is 55.0 Å². The van der Waals surface area contributed by atoms with Gasteiger partial charge in [0.2, 0.25) is 5.91 Å². The number of nitrogens with one attached hydrogen (secondary N) is 2. The molecular formula is C26H30N2O5S. The van der Waals surface area contributed by atoms with Crippen LogP contribution >= 0.6 is 11.8 Å². The molecule has 0 bridgehead atoms. The highest BCUT2D eigenvalue weighted by atomic mass is 32.2. The van der Waals surface area contributed by atoms with E-state index in [1.165, 1.54) is 34.0 Å². The molecule has 2 aliphatic carbocycles. The number of carboxylic acid groups (broad SMARTS) is 1. The predicted octanol–water partition coefficient (Wildman–Crippen LogP) is 4.02. The highest BCUT2D eigenvalue weighted by Gasteiger charge is 2.32. The van der Waals surface area contributed by atoms with E-state index < -0.39 is 12.1 Å². The van der Waals surface area contributed by atoms with Crippen LogP contribution in [0.25, 0.3) is 11.1 Å². The molecule has 0 aromatic heterocycles. The highest BCUT2D eigenvalue weighted by molar-refractivity contribution is 7.99. The Morgan fingerprint density at radius 3 is 2.35 bits per heavy atom. The van der Waals surface area contributed by atoms with E-state index in [1.54, 1.807) is 0 Å². The number of hydrogen-bond donors (Lipinski definition) is 3. The smallest absolute Gasteiger partial charge is 0.407 e. The standard InChI is InChI=1S/C26H30N2O5S/c29-24(27-12-13-34-16-25(30)31)14-17-6-5-11-23(17)28-26(32)33-15-22-20-9-3-1-7-18(20)19-8-2-4-10-21(19)22/h1-4,7-10,17,22-23H,5-6,11-16H2,(H,27,29)(H,28,32)(H,30,31)/t17-,23+/m0/s1. The molecule has 2 atom stereocenters. The van der Waals surface area contributed by atoms with Crippen molar-refractivity contribution in [3.63, 3.8) is 0 Å². The monoisotopic (exact) mass is 482 g/mol. The van der Waals surface area contributed by atoms with Crippen LogP contribution < -0.4 is 10.6 Å². The zero-order valence-corrected chi connectivity index (χ0v) is 19.8. The number of ether oxygens (including phenoxy) is 1. The number of carbonyl (C=O) groups excluding carboxylic acids is 2. The summed E-state index contributed by atoms with van der Waals surface area (Å²) in [5.74, 6) is -0.240. The molecule has 0 saturated heterocycles. The van der Waals surface area contributed by atoms with Crippen molar-refractivity contribution in [2.24, 2.45) is 5.92 Å². The Kier molecular flexibility index (Phi) is 8.11. The van der Waals surface area contributed by atoms with Gasteiger partial charge < -0.3 is 20.5 Å². The van der Waals surface area contributed by atoms with E-state index in [0.717, 1.165) is 19.3 Å². The third-order valence-electron chi connectivity index (χ3n) is 6.55. The highest BCUT2D eigenvalue weighted by Crippen LogP contribution is 2.44. The fourth-order valence-electron chi connectivity index (χ4n) is 5.00. The predicted molar refractivity (Wildman–Crippen MR) is 132 cm³/mol. The first kappa shape index (κ1) is 24.1. The fraction of sp³-hybridized carbons (Fsp3) is 0.423.